The number of nitrogens with zero attached hydrogens (tertiary/aromatic N) is 2. The Kier molecular flexibility index (Phi) is 3.23. The summed E-state index contributed by atoms with van der Waals surface area (Å²) < 4.78 is 0. The topological polar surface area (TPSA) is 25.8 Å². The molecule has 0 radical (unpaired) electrons. The number of hydrogen-bond acceptors (Lipinski definition) is 2. The molecule has 0 N–H and O–H groups in total. The lowest BCUT2D eigenvalue weighted by atomic mass is 9.68. The highest BCUT2D eigenvalue weighted by Crippen LogP contribution is 2.48. The molecule has 1 aromatic carbocycles. The largest absolute Gasteiger partial charge is 0.224 e. The van der Waals surface area contributed by atoms with E-state index in [1.54, 1.807) is 0 Å². The van der Waals surface area contributed by atoms with E-state index in [9.17, 15) is 0 Å². The minimum atomic E-state index is 0.233. The quantitative estimate of drug-likeness (QED) is 0.599. The second-order valence-corrected chi connectivity index (χ2v) is 5.31. The maximum Gasteiger partial charge on any atom is 0.224 e. The first-order valence-electron chi connectivity index (χ1n) is 5.99. The van der Waals surface area contributed by atoms with Gasteiger partial charge in [0.15, 0.2) is 0 Å². The average Bonchev–Trinajstić information content (AvgIpc) is 2.27. The Labute approximate surface area is 116 Å². The lowest BCUT2D eigenvalue weighted by Crippen LogP contribution is -2.23. The smallest absolute Gasteiger partial charge is 0.223 e. The van der Waals surface area contributed by atoms with Crippen LogP contribution in [-0.2, 0) is 0 Å². The summed E-state index contributed by atoms with van der Waals surface area (Å²) >= 11 is 11.8. The number of rotatable bonds is 2. The first-order chi connectivity index (χ1) is 8.74. The van der Waals surface area contributed by atoms with Crippen LogP contribution in [0.3, 0.4) is 0 Å². The molecular formula is C14H12Cl2N2. The van der Waals surface area contributed by atoms with Crippen molar-refractivity contribution in [1.82, 2.24) is 9.97 Å². The highest BCUT2D eigenvalue weighted by molar-refractivity contribution is 6.31. The maximum absolute atomic E-state index is 5.93. The highest BCUT2D eigenvalue weighted by Gasteiger charge is 2.34. The Morgan fingerprint density at radius 3 is 2.28 bits per heavy atom. The predicted molar refractivity (Wildman–Crippen MR) is 73.2 cm³/mol. The summed E-state index contributed by atoms with van der Waals surface area (Å²) in [6, 6.07) is 12.3. The molecule has 3 rings (SSSR count). The zero-order valence-electron chi connectivity index (χ0n) is 9.68. The fourth-order valence-corrected chi connectivity index (χ4v) is 2.97. The Balaban J connectivity index is 1.89. The molecule has 0 aliphatic heterocycles. The summed E-state index contributed by atoms with van der Waals surface area (Å²) in [4.78, 5) is 8.19. The Bertz CT molecular complexity index is 537. The summed E-state index contributed by atoms with van der Waals surface area (Å²) in [6.07, 6.45) is 2.32. The second kappa shape index (κ2) is 4.87. The summed E-state index contributed by atoms with van der Waals surface area (Å²) in [5.41, 5.74) is 2.32. The van der Waals surface area contributed by atoms with Crippen LogP contribution in [0.4, 0.5) is 0 Å². The van der Waals surface area contributed by atoms with Crippen LogP contribution in [0, 0.1) is 0 Å². The summed E-state index contributed by atoms with van der Waals surface area (Å²) in [7, 11) is 0. The van der Waals surface area contributed by atoms with Crippen molar-refractivity contribution < 1.29 is 0 Å². The van der Waals surface area contributed by atoms with E-state index in [2.05, 4.69) is 34.2 Å². The molecule has 2 nitrogen and oxygen atoms in total. The lowest BCUT2D eigenvalue weighted by molar-refractivity contribution is 0.339. The molecule has 0 spiro atoms. The fraction of sp³-hybridized carbons (Fsp3) is 0.286. The normalized spacial score (nSPS) is 22.6. The van der Waals surface area contributed by atoms with Gasteiger partial charge in [-0.25, -0.2) is 9.97 Å². The Hall–Kier alpha value is -1.12. The molecule has 1 saturated carbocycles. The van der Waals surface area contributed by atoms with Gasteiger partial charge < -0.3 is 0 Å². The van der Waals surface area contributed by atoms with Gasteiger partial charge in [-0.2, -0.15) is 0 Å². The SMILES string of the molecule is Clc1cc([C@@H]2CC[C@@H]2c2ccccc2)nc(Cl)n1. The van der Waals surface area contributed by atoms with Crippen molar-refractivity contribution in [2.24, 2.45) is 0 Å². The molecular weight excluding hydrogens is 267 g/mol. The minimum Gasteiger partial charge on any atom is -0.223 e. The van der Waals surface area contributed by atoms with Gasteiger partial charge in [0.2, 0.25) is 5.28 Å². The molecule has 18 heavy (non-hydrogen) atoms. The predicted octanol–water partition coefficient (Wildman–Crippen LogP) is 4.44. The van der Waals surface area contributed by atoms with Gasteiger partial charge >= 0.3 is 0 Å². The number of benzene rings is 1. The first kappa shape index (κ1) is 11.9. The van der Waals surface area contributed by atoms with E-state index in [0.717, 1.165) is 12.1 Å². The van der Waals surface area contributed by atoms with Crippen LogP contribution in [-0.4, -0.2) is 9.97 Å². The van der Waals surface area contributed by atoms with E-state index in [-0.39, 0.29) is 5.28 Å². The van der Waals surface area contributed by atoms with Crippen LogP contribution in [0.15, 0.2) is 36.4 Å². The summed E-state index contributed by atoms with van der Waals surface area (Å²) in [6.45, 7) is 0. The molecule has 1 aliphatic carbocycles. The van der Waals surface area contributed by atoms with Crippen molar-refractivity contribution in [3.05, 3.63) is 58.1 Å². The van der Waals surface area contributed by atoms with Gasteiger partial charge in [-0.15, -0.1) is 0 Å². The lowest BCUT2D eigenvalue weighted by Gasteiger charge is -2.36. The van der Waals surface area contributed by atoms with Gasteiger partial charge in [-0.3, -0.25) is 0 Å². The van der Waals surface area contributed by atoms with Crippen LogP contribution in [0.25, 0.3) is 0 Å². The van der Waals surface area contributed by atoms with E-state index in [1.807, 2.05) is 12.1 Å². The molecule has 1 fully saturated rings. The molecule has 0 amide bonds. The first-order valence-corrected chi connectivity index (χ1v) is 6.74. The minimum absolute atomic E-state index is 0.233. The summed E-state index contributed by atoms with van der Waals surface area (Å²) in [5, 5.41) is 0.653. The van der Waals surface area contributed by atoms with Crippen LogP contribution in [0.1, 0.15) is 35.9 Å². The molecule has 0 saturated heterocycles. The van der Waals surface area contributed by atoms with Crippen molar-refractivity contribution in [2.75, 3.05) is 0 Å². The van der Waals surface area contributed by atoms with Crippen LogP contribution >= 0.6 is 23.2 Å². The Morgan fingerprint density at radius 1 is 0.944 bits per heavy atom. The molecule has 1 aromatic heterocycles. The zero-order valence-corrected chi connectivity index (χ0v) is 11.2. The van der Waals surface area contributed by atoms with Crippen LogP contribution < -0.4 is 0 Å². The van der Waals surface area contributed by atoms with E-state index >= 15 is 0 Å². The van der Waals surface area contributed by atoms with E-state index in [0.29, 0.717) is 17.0 Å². The summed E-state index contributed by atoms with van der Waals surface area (Å²) in [5.74, 6) is 0.929. The van der Waals surface area contributed by atoms with E-state index in [1.165, 1.54) is 12.0 Å². The van der Waals surface area contributed by atoms with Crippen molar-refractivity contribution >= 4 is 23.2 Å². The molecule has 92 valence electrons. The zero-order chi connectivity index (χ0) is 12.5. The fourth-order valence-electron chi connectivity index (χ4n) is 2.55. The molecule has 2 aromatic rings. The highest BCUT2D eigenvalue weighted by atomic mass is 35.5. The number of aromatic nitrogens is 2. The molecule has 0 unspecified atom stereocenters. The monoisotopic (exact) mass is 278 g/mol. The van der Waals surface area contributed by atoms with Gasteiger partial charge in [-0.05, 0) is 42.0 Å². The third kappa shape index (κ3) is 2.23. The third-order valence-electron chi connectivity index (χ3n) is 3.57. The van der Waals surface area contributed by atoms with Crippen LogP contribution in [0.2, 0.25) is 10.4 Å². The van der Waals surface area contributed by atoms with Crippen molar-refractivity contribution in [1.29, 1.82) is 0 Å². The number of halogens is 2. The van der Waals surface area contributed by atoms with Gasteiger partial charge in [0.1, 0.15) is 5.15 Å². The van der Waals surface area contributed by atoms with E-state index < -0.39 is 0 Å². The van der Waals surface area contributed by atoms with Crippen molar-refractivity contribution in [3.63, 3.8) is 0 Å². The molecule has 2 atom stereocenters. The molecule has 1 heterocycles. The van der Waals surface area contributed by atoms with Crippen molar-refractivity contribution in [2.45, 2.75) is 24.7 Å². The second-order valence-electron chi connectivity index (χ2n) is 4.59. The van der Waals surface area contributed by atoms with Gasteiger partial charge in [-0.1, -0.05) is 41.9 Å². The van der Waals surface area contributed by atoms with Gasteiger partial charge in [0, 0.05) is 5.92 Å². The molecule has 4 heteroatoms. The maximum atomic E-state index is 5.93. The third-order valence-corrected chi connectivity index (χ3v) is 3.93. The van der Waals surface area contributed by atoms with Crippen LogP contribution in [0.5, 0.6) is 0 Å². The standard InChI is InChI=1S/C14H12Cl2N2/c15-13-8-12(17-14(16)18-13)11-7-6-10(11)9-4-2-1-3-5-9/h1-5,8,10-11H,6-7H2/t10-,11-/m1/s1. The van der Waals surface area contributed by atoms with Gasteiger partial charge in [0.05, 0.1) is 5.69 Å². The molecule has 1 aliphatic rings. The molecule has 0 bridgehead atoms. The Morgan fingerprint density at radius 2 is 1.67 bits per heavy atom. The van der Waals surface area contributed by atoms with Crippen molar-refractivity contribution in [3.8, 4) is 0 Å². The average molecular weight is 279 g/mol. The van der Waals surface area contributed by atoms with E-state index in [4.69, 9.17) is 23.2 Å². The van der Waals surface area contributed by atoms with Gasteiger partial charge in [0.25, 0.3) is 0 Å². The number of hydrogen-bond donors (Lipinski definition) is 0.